The Kier molecular flexibility index (Phi) is 6.80. The molecule has 0 unspecified atom stereocenters. The molecule has 1 fully saturated rings. The number of nitrogens with one attached hydrogen (secondary N) is 1. The number of rotatable bonds is 7. The number of amides is 1. The van der Waals surface area contributed by atoms with Crippen LogP contribution in [-0.4, -0.2) is 30.1 Å². The number of pyridine rings is 1. The summed E-state index contributed by atoms with van der Waals surface area (Å²) in [7, 11) is 0. The van der Waals surface area contributed by atoms with Crippen LogP contribution < -0.4 is 5.32 Å². The third-order valence-corrected chi connectivity index (χ3v) is 6.09. The molecule has 1 amide bonds. The number of hydrogen-bond donors (Lipinski definition) is 1. The van der Waals surface area contributed by atoms with E-state index in [-0.39, 0.29) is 12.0 Å². The highest BCUT2D eigenvalue weighted by atomic mass is 79.9. The molecule has 1 atom stereocenters. The molecule has 0 aliphatic carbocycles. The molecule has 1 N–H and O–H groups in total. The maximum absolute atomic E-state index is 13.1. The molecule has 2 aromatic carbocycles. The van der Waals surface area contributed by atoms with Crippen LogP contribution in [0.5, 0.6) is 0 Å². The summed E-state index contributed by atoms with van der Waals surface area (Å²) in [5, 5.41) is 3.90. The molecule has 156 valence electrons. The standard InChI is InChI=1S/C25H27BrN2O2/c1-2-3-5-17-7-9-18(10-8-17)24-15-22(21-14-19(26)11-12-23(21)28-24)25(29)27-16-20-6-4-13-30-20/h7-12,14-15,20H,2-6,13,16H2,1H3,(H,27,29)/t20-/m0/s1. The molecule has 3 aromatic rings. The smallest absolute Gasteiger partial charge is 0.252 e. The van der Waals surface area contributed by atoms with Crippen molar-refractivity contribution in [1.29, 1.82) is 0 Å². The molecule has 0 saturated carbocycles. The third-order valence-electron chi connectivity index (χ3n) is 5.60. The quantitative estimate of drug-likeness (QED) is 0.470. The van der Waals surface area contributed by atoms with Crippen LogP contribution in [0.4, 0.5) is 0 Å². The van der Waals surface area contributed by atoms with Gasteiger partial charge in [0.15, 0.2) is 0 Å². The van der Waals surface area contributed by atoms with Crippen molar-refractivity contribution in [3.8, 4) is 11.3 Å². The molecule has 0 radical (unpaired) electrons. The van der Waals surface area contributed by atoms with Gasteiger partial charge in [-0.3, -0.25) is 4.79 Å². The number of carbonyl (C=O) groups excluding carboxylic acids is 1. The van der Waals surface area contributed by atoms with E-state index in [2.05, 4.69) is 52.4 Å². The number of carbonyl (C=O) groups is 1. The Morgan fingerprint density at radius 3 is 2.77 bits per heavy atom. The van der Waals surface area contributed by atoms with Crippen LogP contribution in [0.3, 0.4) is 0 Å². The molecule has 30 heavy (non-hydrogen) atoms. The summed E-state index contributed by atoms with van der Waals surface area (Å²) in [4.78, 5) is 17.9. The molecule has 5 heteroatoms. The monoisotopic (exact) mass is 466 g/mol. The van der Waals surface area contributed by atoms with Gasteiger partial charge in [0.2, 0.25) is 0 Å². The van der Waals surface area contributed by atoms with Crippen molar-refractivity contribution < 1.29 is 9.53 Å². The summed E-state index contributed by atoms with van der Waals surface area (Å²) in [6, 6.07) is 16.3. The number of benzene rings is 2. The number of unbranched alkanes of at least 4 members (excludes halogenated alkanes) is 1. The molecule has 1 aliphatic rings. The number of aromatic nitrogens is 1. The number of hydrogen-bond acceptors (Lipinski definition) is 3. The average molecular weight is 467 g/mol. The first-order valence-corrected chi connectivity index (χ1v) is 11.5. The van der Waals surface area contributed by atoms with E-state index < -0.39 is 0 Å². The Hall–Kier alpha value is -2.24. The Morgan fingerprint density at radius 2 is 2.03 bits per heavy atom. The van der Waals surface area contributed by atoms with Crippen molar-refractivity contribution >= 4 is 32.7 Å². The first kappa shape index (κ1) is 21.0. The van der Waals surface area contributed by atoms with Crippen LogP contribution in [0, 0.1) is 0 Å². The minimum absolute atomic E-state index is 0.0863. The van der Waals surface area contributed by atoms with Crippen LogP contribution in [0.15, 0.2) is 53.0 Å². The Bertz CT molecular complexity index is 1030. The predicted octanol–water partition coefficient (Wildman–Crippen LogP) is 5.92. The molecule has 2 heterocycles. The first-order valence-electron chi connectivity index (χ1n) is 10.7. The average Bonchev–Trinajstić information content (AvgIpc) is 3.29. The zero-order valence-electron chi connectivity index (χ0n) is 17.3. The van der Waals surface area contributed by atoms with E-state index in [0.29, 0.717) is 12.1 Å². The van der Waals surface area contributed by atoms with Crippen molar-refractivity contribution in [3.05, 3.63) is 64.1 Å². The van der Waals surface area contributed by atoms with Gasteiger partial charge in [-0.2, -0.15) is 0 Å². The maximum Gasteiger partial charge on any atom is 0.252 e. The highest BCUT2D eigenvalue weighted by Gasteiger charge is 2.19. The van der Waals surface area contributed by atoms with Crippen molar-refractivity contribution in [1.82, 2.24) is 10.3 Å². The lowest BCUT2D eigenvalue weighted by molar-refractivity contribution is 0.0859. The van der Waals surface area contributed by atoms with Gasteiger partial charge in [-0.1, -0.05) is 53.5 Å². The fourth-order valence-corrected chi connectivity index (χ4v) is 4.22. The minimum Gasteiger partial charge on any atom is -0.376 e. The number of aryl methyl sites for hydroxylation is 1. The second kappa shape index (κ2) is 9.71. The van der Waals surface area contributed by atoms with E-state index in [0.717, 1.165) is 52.5 Å². The number of fused-ring (bicyclic) bond motifs is 1. The fraction of sp³-hybridized carbons (Fsp3) is 0.360. The summed E-state index contributed by atoms with van der Waals surface area (Å²) in [6.07, 6.45) is 5.64. The molecule has 1 saturated heterocycles. The zero-order valence-corrected chi connectivity index (χ0v) is 18.9. The van der Waals surface area contributed by atoms with Crippen LogP contribution in [0.25, 0.3) is 22.2 Å². The molecular weight excluding hydrogens is 440 g/mol. The molecule has 0 spiro atoms. The van der Waals surface area contributed by atoms with Gasteiger partial charge in [-0.25, -0.2) is 4.98 Å². The highest BCUT2D eigenvalue weighted by molar-refractivity contribution is 9.10. The van der Waals surface area contributed by atoms with Gasteiger partial charge in [0.1, 0.15) is 0 Å². The Labute approximate surface area is 186 Å². The second-order valence-electron chi connectivity index (χ2n) is 7.86. The molecule has 4 rings (SSSR count). The van der Waals surface area contributed by atoms with Crippen molar-refractivity contribution in [3.63, 3.8) is 0 Å². The van der Waals surface area contributed by atoms with Crippen LogP contribution >= 0.6 is 15.9 Å². The van der Waals surface area contributed by atoms with E-state index in [9.17, 15) is 4.79 Å². The van der Waals surface area contributed by atoms with Gasteiger partial charge in [0.05, 0.1) is 22.9 Å². The van der Waals surface area contributed by atoms with Crippen LogP contribution in [-0.2, 0) is 11.2 Å². The Morgan fingerprint density at radius 1 is 1.20 bits per heavy atom. The number of halogens is 1. The van der Waals surface area contributed by atoms with E-state index >= 15 is 0 Å². The molecule has 4 nitrogen and oxygen atoms in total. The SMILES string of the molecule is CCCCc1ccc(-c2cc(C(=O)NC[C@@H]3CCCO3)c3cc(Br)ccc3n2)cc1. The Balaban J connectivity index is 1.65. The van der Waals surface area contributed by atoms with Crippen LogP contribution in [0.1, 0.15) is 48.5 Å². The normalized spacial score (nSPS) is 16.1. The van der Waals surface area contributed by atoms with Gasteiger partial charge in [0, 0.05) is 28.6 Å². The number of nitrogens with zero attached hydrogens (tertiary/aromatic N) is 1. The summed E-state index contributed by atoms with van der Waals surface area (Å²) in [6.45, 7) is 3.53. The largest absolute Gasteiger partial charge is 0.376 e. The summed E-state index contributed by atoms with van der Waals surface area (Å²) in [5.41, 5.74) is 4.62. The van der Waals surface area contributed by atoms with Crippen molar-refractivity contribution in [2.24, 2.45) is 0 Å². The lowest BCUT2D eigenvalue weighted by atomic mass is 10.0. The summed E-state index contributed by atoms with van der Waals surface area (Å²) < 4.78 is 6.57. The zero-order chi connectivity index (χ0) is 20.9. The van der Waals surface area contributed by atoms with E-state index in [1.54, 1.807) is 0 Å². The van der Waals surface area contributed by atoms with Gasteiger partial charge in [0.25, 0.3) is 5.91 Å². The van der Waals surface area contributed by atoms with Crippen molar-refractivity contribution in [2.45, 2.75) is 45.1 Å². The second-order valence-corrected chi connectivity index (χ2v) is 8.78. The first-order chi connectivity index (χ1) is 14.6. The predicted molar refractivity (Wildman–Crippen MR) is 125 cm³/mol. The van der Waals surface area contributed by atoms with Gasteiger partial charge in [-0.05, 0) is 55.5 Å². The van der Waals surface area contributed by atoms with Crippen LogP contribution in [0.2, 0.25) is 0 Å². The van der Waals surface area contributed by atoms with Gasteiger partial charge in [-0.15, -0.1) is 0 Å². The van der Waals surface area contributed by atoms with Gasteiger partial charge < -0.3 is 10.1 Å². The molecule has 1 aliphatic heterocycles. The van der Waals surface area contributed by atoms with Crippen molar-refractivity contribution in [2.75, 3.05) is 13.2 Å². The minimum atomic E-state index is -0.0863. The lowest BCUT2D eigenvalue weighted by Gasteiger charge is -2.13. The molecular formula is C25H27BrN2O2. The maximum atomic E-state index is 13.1. The third kappa shape index (κ3) is 4.90. The topological polar surface area (TPSA) is 51.2 Å². The fourth-order valence-electron chi connectivity index (χ4n) is 3.86. The van der Waals surface area contributed by atoms with E-state index in [1.807, 2.05) is 24.3 Å². The summed E-state index contributed by atoms with van der Waals surface area (Å²) in [5.74, 6) is -0.0863. The van der Waals surface area contributed by atoms with E-state index in [1.165, 1.54) is 18.4 Å². The van der Waals surface area contributed by atoms with E-state index in [4.69, 9.17) is 9.72 Å². The highest BCUT2D eigenvalue weighted by Crippen LogP contribution is 2.28. The molecule has 1 aromatic heterocycles. The summed E-state index contributed by atoms with van der Waals surface area (Å²) >= 11 is 3.52. The lowest BCUT2D eigenvalue weighted by Crippen LogP contribution is -2.32. The van der Waals surface area contributed by atoms with Gasteiger partial charge >= 0.3 is 0 Å². The number of ether oxygens (including phenoxy) is 1. The molecule has 0 bridgehead atoms.